The highest BCUT2D eigenvalue weighted by molar-refractivity contribution is 5.88. The number of nitrogens with zero attached hydrogens (tertiary/aromatic N) is 1. The predicted octanol–water partition coefficient (Wildman–Crippen LogP) is 2.66. The van der Waals surface area contributed by atoms with Gasteiger partial charge < -0.3 is 16.4 Å². The maximum absolute atomic E-state index is 10.8. The van der Waals surface area contributed by atoms with Gasteiger partial charge in [0, 0.05) is 17.9 Å². The minimum Gasteiger partial charge on any atom is -0.381 e. The molecule has 0 aliphatic rings. The average Bonchev–Trinajstić information content (AvgIpc) is 2.45. The first-order valence-corrected chi connectivity index (χ1v) is 6.07. The van der Waals surface area contributed by atoms with Gasteiger partial charge in [-0.05, 0) is 35.9 Å². The second-order valence-corrected chi connectivity index (χ2v) is 4.24. The topological polar surface area (TPSA) is 90.9 Å². The van der Waals surface area contributed by atoms with Crippen molar-refractivity contribution in [2.75, 3.05) is 10.6 Å². The molecule has 0 aromatic heterocycles. The van der Waals surface area contributed by atoms with Crippen molar-refractivity contribution >= 4 is 17.4 Å². The molecule has 0 atom stereocenters. The monoisotopic (exact) mass is 266 g/mol. The molecule has 2 rings (SSSR count). The summed E-state index contributed by atoms with van der Waals surface area (Å²) in [5.74, 6) is 0. The summed E-state index contributed by atoms with van der Waals surface area (Å²) >= 11 is 0. The van der Waals surface area contributed by atoms with E-state index in [9.17, 15) is 4.79 Å². The summed E-state index contributed by atoms with van der Waals surface area (Å²) in [5.41, 5.74) is 8.21. The SMILES string of the molecule is N#Cc1cccc(CNc2cccc(NC(N)=O)c2)c1. The summed E-state index contributed by atoms with van der Waals surface area (Å²) in [5, 5.41) is 14.6. The molecule has 0 radical (unpaired) electrons. The van der Waals surface area contributed by atoms with Crippen molar-refractivity contribution < 1.29 is 4.79 Å². The van der Waals surface area contributed by atoms with Gasteiger partial charge in [0.2, 0.25) is 0 Å². The number of primary amides is 1. The summed E-state index contributed by atoms with van der Waals surface area (Å²) in [7, 11) is 0. The molecule has 0 unspecified atom stereocenters. The Bertz CT molecular complexity index is 661. The van der Waals surface area contributed by atoms with Crippen LogP contribution in [-0.2, 0) is 6.54 Å². The number of carbonyl (C=O) groups excluding carboxylic acids is 1. The molecule has 2 aromatic carbocycles. The van der Waals surface area contributed by atoms with Crippen LogP contribution in [0.25, 0.3) is 0 Å². The zero-order chi connectivity index (χ0) is 14.4. The van der Waals surface area contributed by atoms with Crippen LogP contribution in [0.5, 0.6) is 0 Å². The highest BCUT2D eigenvalue weighted by Gasteiger charge is 1.99. The third-order valence-corrected chi connectivity index (χ3v) is 2.68. The maximum atomic E-state index is 10.8. The van der Waals surface area contributed by atoms with Crippen LogP contribution in [0, 0.1) is 11.3 Å². The van der Waals surface area contributed by atoms with Gasteiger partial charge in [-0.2, -0.15) is 5.26 Å². The van der Waals surface area contributed by atoms with Gasteiger partial charge in [0.1, 0.15) is 0 Å². The normalized spacial score (nSPS) is 9.55. The Kier molecular flexibility index (Phi) is 4.20. The molecule has 0 saturated heterocycles. The highest BCUT2D eigenvalue weighted by atomic mass is 16.2. The van der Waals surface area contributed by atoms with E-state index in [1.807, 2.05) is 30.3 Å². The predicted molar refractivity (Wildman–Crippen MR) is 78.1 cm³/mol. The van der Waals surface area contributed by atoms with Gasteiger partial charge in [-0.1, -0.05) is 18.2 Å². The van der Waals surface area contributed by atoms with Crippen molar-refractivity contribution in [1.82, 2.24) is 0 Å². The first-order chi connectivity index (χ1) is 9.67. The third-order valence-electron chi connectivity index (χ3n) is 2.68. The van der Waals surface area contributed by atoms with E-state index in [1.54, 1.807) is 18.2 Å². The Morgan fingerprint density at radius 2 is 1.90 bits per heavy atom. The van der Waals surface area contributed by atoms with E-state index in [-0.39, 0.29) is 0 Å². The number of rotatable bonds is 4. The second kappa shape index (κ2) is 6.25. The minimum absolute atomic E-state index is 0.593. The van der Waals surface area contributed by atoms with Gasteiger partial charge in [-0.25, -0.2) is 4.79 Å². The Labute approximate surface area is 117 Å². The van der Waals surface area contributed by atoms with Crippen molar-refractivity contribution in [3.63, 3.8) is 0 Å². The van der Waals surface area contributed by atoms with E-state index in [4.69, 9.17) is 11.0 Å². The van der Waals surface area contributed by atoms with Gasteiger partial charge in [0.25, 0.3) is 0 Å². The maximum Gasteiger partial charge on any atom is 0.316 e. The number of nitrogens with two attached hydrogens (primary N) is 1. The van der Waals surface area contributed by atoms with Crippen molar-refractivity contribution in [3.05, 3.63) is 59.7 Å². The lowest BCUT2D eigenvalue weighted by Crippen LogP contribution is -2.19. The summed E-state index contributed by atoms with van der Waals surface area (Å²) in [4.78, 5) is 10.8. The number of amides is 2. The zero-order valence-electron chi connectivity index (χ0n) is 10.8. The molecule has 2 amide bonds. The number of benzene rings is 2. The molecule has 0 aliphatic carbocycles. The number of hydrogen-bond acceptors (Lipinski definition) is 3. The van der Waals surface area contributed by atoms with Gasteiger partial charge in [0.15, 0.2) is 0 Å². The molecule has 0 bridgehead atoms. The molecular weight excluding hydrogens is 252 g/mol. The molecule has 20 heavy (non-hydrogen) atoms. The fourth-order valence-corrected chi connectivity index (χ4v) is 1.80. The molecule has 5 heteroatoms. The first-order valence-electron chi connectivity index (χ1n) is 6.07. The van der Waals surface area contributed by atoms with Crippen molar-refractivity contribution in [1.29, 1.82) is 5.26 Å². The number of carbonyl (C=O) groups is 1. The summed E-state index contributed by atoms with van der Waals surface area (Å²) < 4.78 is 0. The van der Waals surface area contributed by atoms with Crippen LogP contribution >= 0.6 is 0 Å². The fourth-order valence-electron chi connectivity index (χ4n) is 1.80. The number of anilines is 2. The van der Waals surface area contributed by atoms with Crippen LogP contribution in [0.1, 0.15) is 11.1 Å². The number of urea groups is 1. The smallest absolute Gasteiger partial charge is 0.316 e. The summed E-state index contributed by atoms with van der Waals surface area (Å²) in [6, 6.07) is 16.2. The Morgan fingerprint density at radius 1 is 1.15 bits per heavy atom. The Balaban J connectivity index is 2.03. The van der Waals surface area contributed by atoms with Crippen LogP contribution in [0.2, 0.25) is 0 Å². The van der Waals surface area contributed by atoms with Crippen LogP contribution in [0.3, 0.4) is 0 Å². The molecule has 100 valence electrons. The highest BCUT2D eigenvalue weighted by Crippen LogP contribution is 2.16. The van der Waals surface area contributed by atoms with Gasteiger partial charge in [-0.3, -0.25) is 0 Å². The number of hydrogen-bond donors (Lipinski definition) is 3. The van der Waals surface area contributed by atoms with E-state index >= 15 is 0 Å². The first kappa shape index (κ1) is 13.4. The Hall–Kier alpha value is -3.00. The van der Waals surface area contributed by atoms with Crippen LogP contribution < -0.4 is 16.4 Å². The largest absolute Gasteiger partial charge is 0.381 e. The van der Waals surface area contributed by atoms with E-state index in [2.05, 4.69) is 16.7 Å². The van der Waals surface area contributed by atoms with E-state index in [1.165, 1.54) is 0 Å². The third kappa shape index (κ3) is 3.75. The van der Waals surface area contributed by atoms with Gasteiger partial charge in [-0.15, -0.1) is 0 Å². The summed E-state index contributed by atoms with van der Waals surface area (Å²) in [6.07, 6.45) is 0. The van der Waals surface area contributed by atoms with Gasteiger partial charge >= 0.3 is 6.03 Å². The fraction of sp³-hybridized carbons (Fsp3) is 0.0667. The molecule has 0 saturated carbocycles. The van der Waals surface area contributed by atoms with Crippen LogP contribution in [0.4, 0.5) is 16.2 Å². The molecule has 0 aliphatic heterocycles. The molecule has 0 heterocycles. The molecule has 5 nitrogen and oxygen atoms in total. The number of nitriles is 1. The van der Waals surface area contributed by atoms with Crippen molar-refractivity contribution in [2.45, 2.75) is 6.54 Å². The van der Waals surface area contributed by atoms with Crippen LogP contribution in [-0.4, -0.2) is 6.03 Å². The van der Waals surface area contributed by atoms with Crippen LogP contribution in [0.15, 0.2) is 48.5 Å². The Morgan fingerprint density at radius 3 is 2.65 bits per heavy atom. The standard InChI is InChI=1S/C15H14N4O/c16-9-11-3-1-4-12(7-11)10-18-13-5-2-6-14(8-13)19-15(17)20/h1-8,18H,10H2,(H3,17,19,20). The quantitative estimate of drug-likeness (QED) is 0.794. The lowest BCUT2D eigenvalue weighted by atomic mass is 10.1. The molecule has 0 spiro atoms. The van der Waals surface area contributed by atoms with E-state index < -0.39 is 6.03 Å². The van der Waals surface area contributed by atoms with Crippen molar-refractivity contribution in [2.24, 2.45) is 5.73 Å². The molecular formula is C15H14N4O. The molecule has 4 N–H and O–H groups in total. The van der Waals surface area contributed by atoms with E-state index in [0.29, 0.717) is 17.8 Å². The van der Waals surface area contributed by atoms with Crippen molar-refractivity contribution in [3.8, 4) is 6.07 Å². The molecule has 0 fully saturated rings. The average molecular weight is 266 g/mol. The molecule has 2 aromatic rings. The lowest BCUT2D eigenvalue weighted by molar-refractivity contribution is 0.259. The second-order valence-electron chi connectivity index (χ2n) is 4.24. The number of nitrogens with one attached hydrogen (secondary N) is 2. The van der Waals surface area contributed by atoms with E-state index in [0.717, 1.165) is 11.3 Å². The minimum atomic E-state index is -0.594. The van der Waals surface area contributed by atoms with Gasteiger partial charge in [0.05, 0.1) is 11.6 Å². The zero-order valence-corrected chi connectivity index (χ0v) is 10.8. The summed E-state index contributed by atoms with van der Waals surface area (Å²) in [6.45, 7) is 0.593. The lowest BCUT2D eigenvalue weighted by Gasteiger charge is -2.09.